The van der Waals surface area contributed by atoms with Gasteiger partial charge in [0.1, 0.15) is 11.6 Å². The molecule has 1 aliphatic heterocycles. The van der Waals surface area contributed by atoms with Gasteiger partial charge in [-0.2, -0.15) is 0 Å². The van der Waals surface area contributed by atoms with Gasteiger partial charge in [-0.1, -0.05) is 19.8 Å². The van der Waals surface area contributed by atoms with E-state index in [9.17, 15) is 14.7 Å². The highest BCUT2D eigenvalue weighted by Gasteiger charge is 2.44. The van der Waals surface area contributed by atoms with Crippen LogP contribution in [0, 0.1) is 5.92 Å². The molecule has 0 aromatic rings. The fraction of sp³-hybridized carbons (Fsp3) is 0.846. The summed E-state index contributed by atoms with van der Waals surface area (Å²) >= 11 is 0. The second-order valence-corrected chi connectivity index (χ2v) is 5.64. The molecular formula is C13H22N2O4. The molecule has 6 heteroatoms. The average molecular weight is 270 g/mol. The maximum Gasteiger partial charge on any atom is 0.329 e. The lowest BCUT2D eigenvalue weighted by Crippen LogP contribution is -2.60. The first-order valence-electron chi connectivity index (χ1n) is 6.91. The second-order valence-electron chi connectivity index (χ2n) is 5.64. The molecule has 19 heavy (non-hydrogen) atoms. The summed E-state index contributed by atoms with van der Waals surface area (Å²) in [5, 5.41) is 15.3. The van der Waals surface area contributed by atoms with E-state index < -0.39 is 17.6 Å². The van der Waals surface area contributed by atoms with Crippen molar-refractivity contribution in [3.8, 4) is 0 Å². The summed E-state index contributed by atoms with van der Waals surface area (Å²) in [5.41, 5.74) is -1.12. The summed E-state index contributed by atoms with van der Waals surface area (Å²) in [6.45, 7) is 3.68. The van der Waals surface area contributed by atoms with E-state index in [0.29, 0.717) is 31.9 Å². The standard InChI is InChI=1S/C13H22N2O4/c1-9-3-2-4-13(7-9,12(17)18)15-11(16)10-8-14-5-6-19-10/h9-10,14H,2-8H2,1H3,(H,15,16)(H,17,18). The van der Waals surface area contributed by atoms with E-state index in [-0.39, 0.29) is 5.91 Å². The predicted octanol–water partition coefficient (Wildman–Crippen LogP) is 0.125. The molecule has 0 aromatic heterocycles. The SMILES string of the molecule is CC1CCCC(NC(=O)C2CNCCO2)(C(=O)O)C1. The molecule has 3 N–H and O–H groups in total. The van der Waals surface area contributed by atoms with Gasteiger partial charge in [-0.15, -0.1) is 0 Å². The molecule has 6 nitrogen and oxygen atoms in total. The van der Waals surface area contributed by atoms with Gasteiger partial charge in [0.05, 0.1) is 6.61 Å². The second kappa shape index (κ2) is 5.88. The maximum atomic E-state index is 12.1. The van der Waals surface area contributed by atoms with E-state index in [1.165, 1.54) is 0 Å². The van der Waals surface area contributed by atoms with Gasteiger partial charge in [0.15, 0.2) is 0 Å². The molecule has 0 aromatic carbocycles. The van der Waals surface area contributed by atoms with Crippen LogP contribution in [-0.4, -0.2) is 48.3 Å². The van der Waals surface area contributed by atoms with Crippen LogP contribution in [0.2, 0.25) is 0 Å². The van der Waals surface area contributed by atoms with Crippen LogP contribution in [0.15, 0.2) is 0 Å². The van der Waals surface area contributed by atoms with Crippen LogP contribution < -0.4 is 10.6 Å². The molecule has 1 saturated carbocycles. The molecule has 1 amide bonds. The Kier molecular flexibility index (Phi) is 4.42. The van der Waals surface area contributed by atoms with Gasteiger partial charge < -0.3 is 20.5 Å². The molecule has 0 radical (unpaired) electrons. The first-order chi connectivity index (χ1) is 9.03. The number of carboxylic acid groups (broad SMARTS) is 1. The minimum Gasteiger partial charge on any atom is -0.480 e. The average Bonchev–Trinajstić information content (AvgIpc) is 2.39. The molecule has 2 aliphatic rings. The summed E-state index contributed by atoms with van der Waals surface area (Å²) in [6.07, 6.45) is 2.26. The molecule has 2 fully saturated rings. The normalized spacial score (nSPS) is 35.6. The van der Waals surface area contributed by atoms with E-state index >= 15 is 0 Å². The highest BCUT2D eigenvalue weighted by Crippen LogP contribution is 2.32. The van der Waals surface area contributed by atoms with Gasteiger partial charge in [0.25, 0.3) is 5.91 Å². The number of morpholine rings is 1. The molecule has 2 rings (SSSR count). The Morgan fingerprint density at radius 2 is 2.26 bits per heavy atom. The Hall–Kier alpha value is -1.14. The lowest BCUT2D eigenvalue weighted by atomic mass is 9.76. The highest BCUT2D eigenvalue weighted by molar-refractivity contribution is 5.89. The van der Waals surface area contributed by atoms with Crippen LogP contribution in [0.25, 0.3) is 0 Å². The Bertz CT molecular complexity index is 355. The van der Waals surface area contributed by atoms with E-state index in [1.807, 2.05) is 6.92 Å². The van der Waals surface area contributed by atoms with E-state index in [2.05, 4.69) is 10.6 Å². The number of aliphatic carboxylic acids is 1. The van der Waals surface area contributed by atoms with Gasteiger partial charge >= 0.3 is 5.97 Å². The molecule has 108 valence electrons. The van der Waals surface area contributed by atoms with E-state index in [0.717, 1.165) is 19.4 Å². The first-order valence-corrected chi connectivity index (χ1v) is 6.91. The van der Waals surface area contributed by atoms with Crippen molar-refractivity contribution in [2.45, 2.75) is 44.2 Å². The van der Waals surface area contributed by atoms with Crippen molar-refractivity contribution in [2.24, 2.45) is 5.92 Å². The number of hydrogen-bond donors (Lipinski definition) is 3. The number of amides is 1. The third kappa shape index (κ3) is 3.25. The Labute approximate surface area is 112 Å². The highest BCUT2D eigenvalue weighted by atomic mass is 16.5. The van der Waals surface area contributed by atoms with Crippen LogP contribution in [0.5, 0.6) is 0 Å². The fourth-order valence-corrected chi connectivity index (χ4v) is 2.96. The number of hydrogen-bond acceptors (Lipinski definition) is 4. The van der Waals surface area contributed by atoms with Gasteiger partial charge in [0, 0.05) is 13.1 Å². The third-order valence-electron chi connectivity index (χ3n) is 3.99. The number of carbonyl (C=O) groups excluding carboxylic acids is 1. The molecule has 1 heterocycles. The van der Waals surface area contributed by atoms with Crippen molar-refractivity contribution in [3.63, 3.8) is 0 Å². The summed E-state index contributed by atoms with van der Waals surface area (Å²) in [5.74, 6) is -0.935. The van der Waals surface area contributed by atoms with Crippen molar-refractivity contribution in [2.75, 3.05) is 19.7 Å². The molecule has 3 unspecified atom stereocenters. The summed E-state index contributed by atoms with van der Waals surface area (Å²) in [7, 11) is 0. The van der Waals surface area contributed by atoms with Crippen molar-refractivity contribution in [1.29, 1.82) is 0 Å². The number of rotatable bonds is 3. The Morgan fingerprint density at radius 3 is 2.84 bits per heavy atom. The smallest absolute Gasteiger partial charge is 0.329 e. The number of carboxylic acids is 1. The molecule has 1 aliphatic carbocycles. The van der Waals surface area contributed by atoms with Crippen LogP contribution >= 0.6 is 0 Å². The topological polar surface area (TPSA) is 87.7 Å². The fourth-order valence-electron chi connectivity index (χ4n) is 2.96. The zero-order valence-corrected chi connectivity index (χ0v) is 11.3. The molecular weight excluding hydrogens is 248 g/mol. The van der Waals surface area contributed by atoms with Crippen molar-refractivity contribution in [3.05, 3.63) is 0 Å². The monoisotopic (exact) mass is 270 g/mol. The Balaban J connectivity index is 2.03. The maximum absolute atomic E-state index is 12.1. The summed E-state index contributed by atoms with van der Waals surface area (Å²) in [6, 6.07) is 0. The van der Waals surface area contributed by atoms with Crippen LogP contribution in [0.4, 0.5) is 0 Å². The number of ether oxygens (including phenoxy) is 1. The van der Waals surface area contributed by atoms with E-state index in [1.54, 1.807) is 0 Å². The molecule has 0 spiro atoms. The lowest BCUT2D eigenvalue weighted by molar-refractivity contribution is -0.152. The minimum absolute atomic E-state index is 0.315. The predicted molar refractivity (Wildman–Crippen MR) is 68.8 cm³/mol. The molecule has 1 saturated heterocycles. The minimum atomic E-state index is -1.12. The largest absolute Gasteiger partial charge is 0.480 e. The zero-order valence-electron chi connectivity index (χ0n) is 11.3. The Morgan fingerprint density at radius 1 is 1.47 bits per heavy atom. The summed E-state index contributed by atoms with van der Waals surface area (Å²) < 4.78 is 5.37. The number of carbonyl (C=O) groups is 2. The van der Waals surface area contributed by atoms with Crippen LogP contribution in [-0.2, 0) is 14.3 Å². The molecule has 3 atom stereocenters. The zero-order chi connectivity index (χ0) is 13.9. The van der Waals surface area contributed by atoms with Crippen molar-refractivity contribution < 1.29 is 19.4 Å². The van der Waals surface area contributed by atoms with Gasteiger partial charge in [-0.3, -0.25) is 4.79 Å². The summed E-state index contributed by atoms with van der Waals surface area (Å²) in [4.78, 5) is 23.7. The third-order valence-corrected chi connectivity index (χ3v) is 3.99. The quantitative estimate of drug-likeness (QED) is 0.678. The van der Waals surface area contributed by atoms with Crippen molar-refractivity contribution in [1.82, 2.24) is 10.6 Å². The van der Waals surface area contributed by atoms with Gasteiger partial charge in [-0.25, -0.2) is 4.79 Å². The number of nitrogens with one attached hydrogen (secondary N) is 2. The van der Waals surface area contributed by atoms with Gasteiger partial charge in [0.2, 0.25) is 0 Å². The molecule has 0 bridgehead atoms. The van der Waals surface area contributed by atoms with Crippen LogP contribution in [0.3, 0.4) is 0 Å². The van der Waals surface area contributed by atoms with Gasteiger partial charge in [-0.05, 0) is 18.8 Å². The van der Waals surface area contributed by atoms with Crippen molar-refractivity contribution >= 4 is 11.9 Å². The van der Waals surface area contributed by atoms with E-state index in [4.69, 9.17) is 4.74 Å². The first kappa shape index (κ1) is 14.3. The lowest BCUT2D eigenvalue weighted by Gasteiger charge is -2.38. The van der Waals surface area contributed by atoms with Crippen LogP contribution in [0.1, 0.15) is 32.6 Å².